The fourth-order valence-electron chi connectivity index (χ4n) is 1.69. The first kappa shape index (κ1) is 13.8. The van der Waals surface area contributed by atoms with E-state index in [1.165, 1.54) is 11.8 Å². The van der Waals surface area contributed by atoms with Gasteiger partial charge in [0.2, 0.25) is 0 Å². The predicted molar refractivity (Wildman–Crippen MR) is 74.4 cm³/mol. The first-order valence-electron chi connectivity index (χ1n) is 5.61. The Kier molecular flexibility index (Phi) is 5.29. The van der Waals surface area contributed by atoms with Crippen molar-refractivity contribution >= 4 is 23.0 Å². The van der Waals surface area contributed by atoms with Crippen LogP contribution in [0, 0.1) is 13.8 Å². The average Bonchev–Trinajstić information content (AvgIpc) is 2.20. The number of rotatable bonds is 4. The summed E-state index contributed by atoms with van der Waals surface area (Å²) in [5, 5.41) is 9.59. The quantitative estimate of drug-likeness (QED) is 0.828. The van der Waals surface area contributed by atoms with Crippen LogP contribution in [-0.2, 0) is 4.79 Å². The highest BCUT2D eigenvalue weighted by Crippen LogP contribution is 2.22. The van der Waals surface area contributed by atoms with E-state index < -0.39 is 0 Å². The topological polar surface area (TPSA) is 37.3 Å². The van der Waals surface area contributed by atoms with Gasteiger partial charge in [0.1, 0.15) is 5.75 Å². The lowest BCUT2D eigenvalue weighted by atomic mass is 10.0. The largest absolute Gasteiger partial charge is 0.508 e. The first-order chi connectivity index (χ1) is 8.00. The zero-order valence-corrected chi connectivity index (χ0v) is 11.3. The number of carbonyl (C=O) groups is 1. The number of benzene rings is 1. The molecule has 0 radical (unpaired) electrons. The number of allylic oxidation sites excluding steroid dienone is 1. The maximum Gasteiger partial charge on any atom is 0.185 e. The molecule has 0 saturated carbocycles. The van der Waals surface area contributed by atoms with Crippen molar-refractivity contribution in [2.75, 3.05) is 5.75 Å². The second-order valence-corrected chi connectivity index (χ2v) is 5.30. The third kappa shape index (κ3) is 4.65. The van der Waals surface area contributed by atoms with Crippen LogP contribution >= 0.6 is 11.8 Å². The molecule has 0 aliphatic carbocycles. The van der Waals surface area contributed by atoms with Gasteiger partial charge in [-0.2, -0.15) is 0 Å². The number of phenolic OH excluding ortho intramolecular Hbond substituents is 1. The lowest BCUT2D eigenvalue weighted by Gasteiger charge is -2.06. The molecule has 0 atom stereocenters. The Morgan fingerprint density at radius 1 is 1.35 bits per heavy atom. The molecule has 0 amide bonds. The Morgan fingerprint density at radius 2 is 1.94 bits per heavy atom. The Hall–Kier alpha value is -1.22. The molecule has 0 aliphatic rings. The van der Waals surface area contributed by atoms with E-state index in [4.69, 9.17) is 0 Å². The van der Waals surface area contributed by atoms with Crippen molar-refractivity contribution in [2.45, 2.75) is 27.2 Å². The van der Waals surface area contributed by atoms with Crippen LogP contribution in [0.2, 0.25) is 0 Å². The van der Waals surface area contributed by atoms with Crippen LogP contribution in [0.4, 0.5) is 0 Å². The number of hydrogen-bond acceptors (Lipinski definition) is 3. The zero-order valence-electron chi connectivity index (χ0n) is 10.5. The van der Waals surface area contributed by atoms with Crippen molar-refractivity contribution in [1.82, 2.24) is 0 Å². The molecule has 1 aromatic rings. The van der Waals surface area contributed by atoms with Crippen molar-refractivity contribution in [3.05, 3.63) is 34.9 Å². The Morgan fingerprint density at radius 3 is 2.47 bits per heavy atom. The van der Waals surface area contributed by atoms with Crippen LogP contribution in [0.5, 0.6) is 5.75 Å². The molecule has 0 unspecified atom stereocenters. The SMILES string of the molecule is CC(=O)SCCC=Cc1c(C)cc(O)cc1C. The number of thioether (sulfide) groups is 1. The highest BCUT2D eigenvalue weighted by Gasteiger charge is 2.01. The molecule has 1 rings (SSSR count). The van der Waals surface area contributed by atoms with Crippen LogP contribution in [-0.4, -0.2) is 16.0 Å². The molecule has 0 saturated heterocycles. The molecule has 0 aliphatic heterocycles. The molecule has 0 fully saturated rings. The van der Waals surface area contributed by atoms with E-state index in [2.05, 4.69) is 12.2 Å². The first-order valence-corrected chi connectivity index (χ1v) is 6.59. The van der Waals surface area contributed by atoms with Gasteiger partial charge in [0.25, 0.3) is 0 Å². The maximum absolute atomic E-state index is 10.7. The highest BCUT2D eigenvalue weighted by atomic mass is 32.2. The summed E-state index contributed by atoms with van der Waals surface area (Å²) in [7, 11) is 0. The van der Waals surface area contributed by atoms with Crippen LogP contribution in [0.3, 0.4) is 0 Å². The van der Waals surface area contributed by atoms with Crippen LogP contribution in [0.25, 0.3) is 6.08 Å². The number of aryl methyl sites for hydroxylation is 2. The van der Waals surface area contributed by atoms with E-state index in [9.17, 15) is 9.90 Å². The summed E-state index contributed by atoms with van der Waals surface area (Å²) in [5.41, 5.74) is 3.28. The second kappa shape index (κ2) is 6.50. The number of hydrogen-bond donors (Lipinski definition) is 1. The third-order valence-electron chi connectivity index (χ3n) is 2.45. The molecule has 0 aromatic heterocycles. The molecular weight excluding hydrogens is 232 g/mol. The molecule has 17 heavy (non-hydrogen) atoms. The zero-order chi connectivity index (χ0) is 12.8. The van der Waals surface area contributed by atoms with Crippen molar-refractivity contribution in [2.24, 2.45) is 0 Å². The lowest BCUT2D eigenvalue weighted by Crippen LogP contribution is -1.87. The summed E-state index contributed by atoms with van der Waals surface area (Å²) in [5.74, 6) is 1.13. The van der Waals surface area contributed by atoms with Gasteiger partial charge in [-0.3, -0.25) is 4.79 Å². The normalized spacial score (nSPS) is 11.0. The Labute approximate surface area is 107 Å². The lowest BCUT2D eigenvalue weighted by molar-refractivity contribution is -0.109. The summed E-state index contributed by atoms with van der Waals surface area (Å²) in [4.78, 5) is 10.7. The minimum atomic E-state index is 0.162. The summed E-state index contributed by atoms with van der Waals surface area (Å²) < 4.78 is 0. The molecule has 1 aromatic carbocycles. The van der Waals surface area contributed by atoms with E-state index in [0.29, 0.717) is 5.75 Å². The smallest absolute Gasteiger partial charge is 0.185 e. The van der Waals surface area contributed by atoms with Gasteiger partial charge >= 0.3 is 0 Å². The molecule has 92 valence electrons. The van der Waals surface area contributed by atoms with Gasteiger partial charge in [0.05, 0.1) is 0 Å². The summed E-state index contributed by atoms with van der Waals surface area (Å²) in [6.45, 7) is 5.55. The summed E-state index contributed by atoms with van der Waals surface area (Å²) in [6, 6.07) is 3.52. The monoisotopic (exact) mass is 250 g/mol. The average molecular weight is 250 g/mol. The predicted octanol–water partition coefficient (Wildman–Crippen LogP) is 3.69. The summed E-state index contributed by atoms with van der Waals surface area (Å²) in [6.07, 6.45) is 5.01. The molecule has 2 nitrogen and oxygen atoms in total. The van der Waals surface area contributed by atoms with Crippen molar-refractivity contribution in [3.63, 3.8) is 0 Å². The standard InChI is InChI=1S/C14H18O2S/c1-10-8-13(16)9-11(2)14(10)6-4-5-7-17-12(3)15/h4,6,8-9,16H,5,7H2,1-3H3. The van der Waals surface area contributed by atoms with Gasteiger partial charge in [-0.15, -0.1) is 0 Å². The third-order valence-corrected chi connectivity index (χ3v) is 3.30. The molecule has 3 heteroatoms. The van der Waals surface area contributed by atoms with Gasteiger partial charge in [0.15, 0.2) is 5.12 Å². The summed E-state index contributed by atoms with van der Waals surface area (Å²) >= 11 is 1.35. The van der Waals surface area contributed by atoms with Crippen molar-refractivity contribution in [3.8, 4) is 5.75 Å². The molecule has 0 spiro atoms. The maximum atomic E-state index is 10.7. The minimum Gasteiger partial charge on any atom is -0.508 e. The second-order valence-electron chi connectivity index (χ2n) is 4.02. The van der Waals surface area contributed by atoms with E-state index in [1.807, 2.05) is 13.8 Å². The number of carbonyl (C=O) groups excluding carboxylic acids is 1. The van der Waals surface area contributed by atoms with Crippen LogP contribution in [0.15, 0.2) is 18.2 Å². The van der Waals surface area contributed by atoms with Crippen molar-refractivity contribution in [1.29, 1.82) is 0 Å². The molecular formula is C14H18O2S. The van der Waals surface area contributed by atoms with Gasteiger partial charge in [0, 0.05) is 12.7 Å². The molecule has 1 N–H and O–H groups in total. The Bertz CT molecular complexity index is 413. The van der Waals surface area contributed by atoms with E-state index >= 15 is 0 Å². The number of aromatic hydroxyl groups is 1. The van der Waals surface area contributed by atoms with Gasteiger partial charge in [-0.1, -0.05) is 23.9 Å². The van der Waals surface area contributed by atoms with E-state index in [1.54, 1.807) is 19.1 Å². The van der Waals surface area contributed by atoms with Crippen molar-refractivity contribution < 1.29 is 9.90 Å². The van der Waals surface area contributed by atoms with Gasteiger partial charge in [-0.25, -0.2) is 0 Å². The van der Waals surface area contributed by atoms with Gasteiger partial charge < -0.3 is 5.11 Å². The molecule has 0 bridgehead atoms. The highest BCUT2D eigenvalue weighted by molar-refractivity contribution is 8.13. The molecule has 0 heterocycles. The van der Waals surface area contributed by atoms with E-state index in [-0.39, 0.29) is 5.12 Å². The van der Waals surface area contributed by atoms with Crippen LogP contribution in [0.1, 0.15) is 30.0 Å². The van der Waals surface area contributed by atoms with Gasteiger partial charge in [-0.05, 0) is 49.1 Å². The van der Waals surface area contributed by atoms with Crippen LogP contribution < -0.4 is 0 Å². The van der Waals surface area contributed by atoms with E-state index in [0.717, 1.165) is 28.9 Å². The Balaban J connectivity index is 2.62. The number of phenols is 1. The fourth-order valence-corrected chi connectivity index (χ4v) is 2.23. The minimum absolute atomic E-state index is 0.162. The fraction of sp³-hybridized carbons (Fsp3) is 0.357.